The van der Waals surface area contributed by atoms with Gasteiger partial charge in [-0.3, -0.25) is 4.79 Å². The van der Waals surface area contributed by atoms with Crippen molar-refractivity contribution in [3.8, 4) is 0 Å². The van der Waals surface area contributed by atoms with Gasteiger partial charge in [0, 0.05) is 23.8 Å². The van der Waals surface area contributed by atoms with Crippen molar-refractivity contribution in [3.05, 3.63) is 20.8 Å². The second-order valence-corrected chi connectivity index (χ2v) is 6.11. The number of hydrogen-bond donors (Lipinski definition) is 1. The van der Waals surface area contributed by atoms with Gasteiger partial charge in [0.2, 0.25) is 0 Å². The van der Waals surface area contributed by atoms with E-state index in [0.717, 1.165) is 21.8 Å². The minimum Gasteiger partial charge on any atom is -0.316 e. The van der Waals surface area contributed by atoms with Gasteiger partial charge in [-0.05, 0) is 34.6 Å². The van der Waals surface area contributed by atoms with Gasteiger partial charge in [-0.25, -0.2) is 0 Å². The van der Waals surface area contributed by atoms with Crippen molar-refractivity contribution in [2.45, 2.75) is 20.3 Å². The fourth-order valence-corrected chi connectivity index (χ4v) is 2.76. The first-order chi connectivity index (χ1) is 7.13. The van der Waals surface area contributed by atoms with Gasteiger partial charge in [0.25, 0.3) is 0 Å². The zero-order valence-corrected chi connectivity index (χ0v) is 11.5. The second kappa shape index (κ2) is 6.40. The van der Waals surface area contributed by atoms with Gasteiger partial charge >= 0.3 is 0 Å². The Kier molecular flexibility index (Phi) is 5.50. The Morgan fingerprint density at radius 3 is 2.87 bits per heavy atom. The number of carbonyl (C=O) groups excluding carboxylic acids is 1. The van der Waals surface area contributed by atoms with E-state index in [-0.39, 0.29) is 5.92 Å². The van der Waals surface area contributed by atoms with Crippen molar-refractivity contribution < 1.29 is 4.79 Å². The van der Waals surface area contributed by atoms with E-state index in [4.69, 9.17) is 0 Å². The summed E-state index contributed by atoms with van der Waals surface area (Å²) >= 11 is 5.03. The lowest BCUT2D eigenvalue weighted by Crippen LogP contribution is -2.27. The molecule has 0 bridgehead atoms. The summed E-state index contributed by atoms with van der Waals surface area (Å²) in [6.07, 6.45) is 0.558. The van der Waals surface area contributed by atoms with Gasteiger partial charge in [-0.15, -0.1) is 11.3 Å². The van der Waals surface area contributed by atoms with Crippen LogP contribution in [0.1, 0.15) is 18.7 Å². The van der Waals surface area contributed by atoms with Gasteiger partial charge in [0.05, 0.1) is 3.79 Å². The van der Waals surface area contributed by atoms with Crippen molar-refractivity contribution in [2.75, 3.05) is 13.1 Å². The molecule has 4 heteroatoms. The molecule has 0 saturated heterocycles. The molecule has 1 heterocycles. The fraction of sp³-hybridized carbons (Fsp3) is 0.545. The summed E-state index contributed by atoms with van der Waals surface area (Å²) in [7, 11) is 0. The molecule has 1 N–H and O–H groups in total. The smallest absolute Gasteiger partial charge is 0.142 e. The standard InChI is InChI=1S/C11H16BrNOS/c1-3-13-7-8(2)10(14)6-9-4-5-11(12)15-9/h4-5,8,13H,3,6-7H2,1-2H3. The first kappa shape index (κ1) is 12.9. The Balaban J connectivity index is 2.41. The molecule has 1 atom stereocenters. The quantitative estimate of drug-likeness (QED) is 0.873. The number of thiophene rings is 1. The third kappa shape index (κ3) is 4.45. The molecule has 0 spiro atoms. The Bertz CT molecular complexity index is 324. The Hall–Kier alpha value is -0.190. The highest BCUT2D eigenvalue weighted by molar-refractivity contribution is 9.11. The molecule has 0 amide bonds. The average molecular weight is 290 g/mol. The molecule has 0 saturated carbocycles. The number of Topliss-reactive ketones (excluding diaryl/α,β-unsaturated/α-hetero) is 1. The molecular formula is C11H16BrNOS. The molecular weight excluding hydrogens is 274 g/mol. The predicted molar refractivity (Wildman–Crippen MR) is 68.4 cm³/mol. The zero-order valence-electron chi connectivity index (χ0n) is 9.05. The zero-order chi connectivity index (χ0) is 11.3. The third-order valence-corrected chi connectivity index (χ3v) is 3.85. The van der Waals surface area contributed by atoms with Crippen molar-refractivity contribution in [1.29, 1.82) is 0 Å². The number of rotatable bonds is 6. The van der Waals surface area contributed by atoms with Crippen LogP contribution >= 0.6 is 27.3 Å². The highest BCUT2D eigenvalue weighted by Gasteiger charge is 2.13. The molecule has 84 valence electrons. The summed E-state index contributed by atoms with van der Waals surface area (Å²) in [5, 5.41) is 3.19. The van der Waals surface area contributed by atoms with Gasteiger partial charge in [0.15, 0.2) is 0 Å². The summed E-state index contributed by atoms with van der Waals surface area (Å²) in [6, 6.07) is 3.99. The third-order valence-electron chi connectivity index (χ3n) is 2.23. The van der Waals surface area contributed by atoms with Crippen molar-refractivity contribution >= 4 is 33.0 Å². The van der Waals surface area contributed by atoms with E-state index in [1.54, 1.807) is 11.3 Å². The summed E-state index contributed by atoms with van der Waals surface area (Å²) in [5.41, 5.74) is 0. The lowest BCUT2D eigenvalue weighted by Gasteiger charge is -2.09. The average Bonchev–Trinajstić information content (AvgIpc) is 2.60. The van der Waals surface area contributed by atoms with Crippen LogP contribution in [-0.2, 0) is 11.2 Å². The molecule has 0 aromatic carbocycles. The van der Waals surface area contributed by atoms with E-state index < -0.39 is 0 Å². The minimum absolute atomic E-state index is 0.103. The van der Waals surface area contributed by atoms with Crippen LogP contribution in [0.3, 0.4) is 0 Å². The van der Waals surface area contributed by atoms with Gasteiger partial charge in [-0.1, -0.05) is 13.8 Å². The van der Waals surface area contributed by atoms with E-state index in [0.29, 0.717) is 12.2 Å². The van der Waals surface area contributed by atoms with Crippen LogP contribution in [-0.4, -0.2) is 18.9 Å². The van der Waals surface area contributed by atoms with Gasteiger partial charge in [-0.2, -0.15) is 0 Å². The van der Waals surface area contributed by atoms with Crippen molar-refractivity contribution in [2.24, 2.45) is 5.92 Å². The number of ketones is 1. The minimum atomic E-state index is 0.103. The largest absolute Gasteiger partial charge is 0.316 e. The van der Waals surface area contributed by atoms with Gasteiger partial charge in [0.1, 0.15) is 5.78 Å². The first-order valence-electron chi connectivity index (χ1n) is 5.11. The van der Waals surface area contributed by atoms with Crippen molar-refractivity contribution in [1.82, 2.24) is 5.32 Å². The van der Waals surface area contributed by atoms with E-state index in [9.17, 15) is 4.79 Å². The van der Waals surface area contributed by atoms with Crippen LogP contribution < -0.4 is 5.32 Å². The molecule has 15 heavy (non-hydrogen) atoms. The van der Waals surface area contributed by atoms with Crippen LogP contribution in [0.4, 0.5) is 0 Å². The molecule has 0 aliphatic carbocycles. The maximum atomic E-state index is 11.8. The lowest BCUT2D eigenvalue weighted by atomic mass is 10.0. The molecule has 1 aromatic heterocycles. The maximum Gasteiger partial charge on any atom is 0.142 e. The summed E-state index contributed by atoms with van der Waals surface area (Å²) in [4.78, 5) is 12.9. The molecule has 0 radical (unpaired) electrons. The number of hydrogen-bond acceptors (Lipinski definition) is 3. The number of halogens is 1. The van der Waals surface area contributed by atoms with Crippen LogP contribution in [0.15, 0.2) is 15.9 Å². The first-order valence-corrected chi connectivity index (χ1v) is 6.72. The van der Waals surface area contributed by atoms with Crippen LogP contribution in [0, 0.1) is 5.92 Å². The highest BCUT2D eigenvalue weighted by Crippen LogP contribution is 2.23. The fourth-order valence-electron chi connectivity index (χ4n) is 1.27. The van der Waals surface area contributed by atoms with Crippen molar-refractivity contribution in [3.63, 3.8) is 0 Å². The molecule has 1 rings (SSSR count). The summed E-state index contributed by atoms with van der Waals surface area (Å²) < 4.78 is 1.09. The molecule has 1 aromatic rings. The Morgan fingerprint density at radius 2 is 2.33 bits per heavy atom. The van der Waals surface area contributed by atoms with Crippen LogP contribution in [0.25, 0.3) is 0 Å². The topological polar surface area (TPSA) is 29.1 Å². The molecule has 1 unspecified atom stereocenters. The van der Waals surface area contributed by atoms with E-state index in [2.05, 4.69) is 21.2 Å². The van der Waals surface area contributed by atoms with Crippen LogP contribution in [0.5, 0.6) is 0 Å². The van der Waals surface area contributed by atoms with Crippen LogP contribution in [0.2, 0.25) is 0 Å². The summed E-state index contributed by atoms with van der Waals surface area (Å²) in [6.45, 7) is 5.73. The molecule has 0 aliphatic heterocycles. The molecule has 2 nitrogen and oxygen atoms in total. The number of nitrogens with one attached hydrogen (secondary N) is 1. The summed E-state index contributed by atoms with van der Waals surface area (Å²) in [5.74, 6) is 0.413. The highest BCUT2D eigenvalue weighted by atomic mass is 79.9. The number of carbonyl (C=O) groups is 1. The maximum absolute atomic E-state index is 11.8. The van der Waals surface area contributed by atoms with E-state index in [1.165, 1.54) is 0 Å². The Labute approximate surface area is 103 Å². The monoisotopic (exact) mass is 289 g/mol. The molecule has 0 aliphatic rings. The predicted octanol–water partition coefficient (Wildman–Crippen LogP) is 2.87. The second-order valence-electron chi connectivity index (χ2n) is 3.56. The normalized spacial score (nSPS) is 12.7. The lowest BCUT2D eigenvalue weighted by molar-refractivity contribution is -0.121. The van der Waals surface area contributed by atoms with E-state index >= 15 is 0 Å². The van der Waals surface area contributed by atoms with E-state index in [1.807, 2.05) is 26.0 Å². The SMILES string of the molecule is CCNCC(C)C(=O)Cc1ccc(Br)s1. The van der Waals surface area contributed by atoms with Gasteiger partial charge < -0.3 is 5.32 Å². The molecule has 0 fully saturated rings. The Morgan fingerprint density at radius 1 is 1.60 bits per heavy atom.